The summed E-state index contributed by atoms with van der Waals surface area (Å²) >= 11 is 0. The average Bonchev–Trinajstić information content (AvgIpc) is 2.41. The second kappa shape index (κ2) is 8.67. The zero-order valence-electron chi connectivity index (χ0n) is 11.7. The lowest BCUT2D eigenvalue weighted by Gasteiger charge is -2.16. The second-order valence-corrected chi connectivity index (χ2v) is 4.13. The predicted octanol–water partition coefficient (Wildman–Crippen LogP) is 4.05. The minimum Gasteiger partial charge on any atom is -0.490 e. The van der Waals surface area contributed by atoms with Crippen molar-refractivity contribution in [3.05, 3.63) is 18.2 Å². The quantitative estimate of drug-likeness (QED) is 0.663. The van der Waals surface area contributed by atoms with E-state index in [1.165, 1.54) is 0 Å². The summed E-state index contributed by atoms with van der Waals surface area (Å²) < 4.78 is 17.2. The minimum absolute atomic E-state index is 0.676. The van der Waals surface area contributed by atoms with Gasteiger partial charge in [-0.2, -0.15) is 0 Å². The van der Waals surface area contributed by atoms with Crippen LogP contribution in [-0.4, -0.2) is 19.8 Å². The van der Waals surface area contributed by atoms with Gasteiger partial charge in [0.25, 0.3) is 0 Å². The van der Waals surface area contributed by atoms with E-state index in [1.807, 2.05) is 18.2 Å². The van der Waals surface area contributed by atoms with E-state index in [4.69, 9.17) is 14.2 Å². The molecule has 0 bridgehead atoms. The van der Waals surface area contributed by atoms with Crippen LogP contribution < -0.4 is 14.2 Å². The zero-order valence-corrected chi connectivity index (χ0v) is 11.7. The number of ether oxygens (including phenoxy) is 3. The molecule has 0 aliphatic heterocycles. The molecule has 0 aromatic heterocycles. The van der Waals surface area contributed by atoms with Crippen molar-refractivity contribution >= 4 is 0 Å². The van der Waals surface area contributed by atoms with Crippen molar-refractivity contribution in [3.8, 4) is 17.2 Å². The van der Waals surface area contributed by atoms with Gasteiger partial charge in [0.05, 0.1) is 19.8 Å². The van der Waals surface area contributed by atoms with Crippen LogP contribution in [0.15, 0.2) is 18.2 Å². The van der Waals surface area contributed by atoms with E-state index in [-0.39, 0.29) is 0 Å². The Morgan fingerprint density at radius 1 is 0.722 bits per heavy atom. The molecule has 1 aromatic rings. The smallest absolute Gasteiger partial charge is 0.203 e. The van der Waals surface area contributed by atoms with Crippen molar-refractivity contribution in [2.45, 2.75) is 40.0 Å². The van der Waals surface area contributed by atoms with E-state index in [9.17, 15) is 0 Å². The lowest BCUT2D eigenvalue weighted by molar-refractivity contribution is 0.243. The van der Waals surface area contributed by atoms with Crippen LogP contribution >= 0.6 is 0 Å². The van der Waals surface area contributed by atoms with Crippen LogP contribution in [0.4, 0.5) is 0 Å². The fraction of sp³-hybridized carbons (Fsp3) is 0.600. The predicted molar refractivity (Wildman–Crippen MR) is 73.8 cm³/mol. The molecule has 0 unspecified atom stereocenters. The zero-order chi connectivity index (χ0) is 13.2. The summed E-state index contributed by atoms with van der Waals surface area (Å²) in [5.41, 5.74) is 0. The summed E-state index contributed by atoms with van der Waals surface area (Å²) in [4.78, 5) is 0. The Morgan fingerprint density at radius 3 is 1.61 bits per heavy atom. The normalized spacial score (nSPS) is 10.2. The molecule has 0 fully saturated rings. The Bertz CT molecular complexity index is 310. The van der Waals surface area contributed by atoms with Gasteiger partial charge < -0.3 is 14.2 Å². The van der Waals surface area contributed by atoms with Crippen LogP contribution in [0.2, 0.25) is 0 Å². The molecule has 0 saturated heterocycles. The molecular formula is C15H24O3. The first kappa shape index (κ1) is 14.7. The molecule has 3 nitrogen and oxygen atoms in total. The maximum absolute atomic E-state index is 5.76. The third-order valence-electron chi connectivity index (χ3n) is 2.32. The van der Waals surface area contributed by atoms with E-state index in [0.717, 1.165) is 36.5 Å². The first-order valence-electron chi connectivity index (χ1n) is 6.84. The molecule has 0 radical (unpaired) electrons. The van der Waals surface area contributed by atoms with Gasteiger partial charge in [0.15, 0.2) is 11.5 Å². The van der Waals surface area contributed by atoms with E-state index < -0.39 is 0 Å². The van der Waals surface area contributed by atoms with Crippen LogP contribution in [0.5, 0.6) is 17.2 Å². The fourth-order valence-electron chi connectivity index (χ4n) is 1.49. The maximum atomic E-state index is 5.76. The van der Waals surface area contributed by atoms with Crippen molar-refractivity contribution in [2.75, 3.05) is 19.8 Å². The summed E-state index contributed by atoms with van der Waals surface area (Å²) in [5.74, 6) is 2.29. The third-order valence-corrected chi connectivity index (χ3v) is 2.32. The molecule has 1 aromatic carbocycles. The number of para-hydroxylation sites is 1. The van der Waals surface area contributed by atoms with Crippen LogP contribution in [0.25, 0.3) is 0 Å². The van der Waals surface area contributed by atoms with Gasteiger partial charge in [-0.15, -0.1) is 0 Å². The molecule has 0 atom stereocenters. The van der Waals surface area contributed by atoms with Gasteiger partial charge >= 0.3 is 0 Å². The largest absolute Gasteiger partial charge is 0.490 e. The van der Waals surface area contributed by atoms with Crippen molar-refractivity contribution in [1.82, 2.24) is 0 Å². The Balaban J connectivity index is 2.85. The van der Waals surface area contributed by atoms with Gasteiger partial charge in [-0.3, -0.25) is 0 Å². The van der Waals surface area contributed by atoms with E-state index in [2.05, 4.69) is 20.8 Å². The number of hydrogen-bond donors (Lipinski definition) is 0. The highest BCUT2D eigenvalue weighted by Gasteiger charge is 2.12. The Labute approximate surface area is 110 Å². The molecule has 0 heterocycles. The number of benzene rings is 1. The summed E-state index contributed by atoms with van der Waals surface area (Å²) in [6.45, 7) is 8.32. The van der Waals surface area contributed by atoms with Gasteiger partial charge in [0, 0.05) is 0 Å². The summed E-state index contributed by atoms with van der Waals surface area (Å²) in [6.07, 6.45) is 2.93. The van der Waals surface area contributed by atoms with Crippen molar-refractivity contribution in [1.29, 1.82) is 0 Å². The van der Waals surface area contributed by atoms with E-state index in [1.54, 1.807) is 0 Å². The maximum Gasteiger partial charge on any atom is 0.203 e. The Morgan fingerprint density at radius 2 is 1.17 bits per heavy atom. The van der Waals surface area contributed by atoms with Gasteiger partial charge in [0.1, 0.15) is 0 Å². The average molecular weight is 252 g/mol. The molecule has 0 aliphatic carbocycles. The van der Waals surface area contributed by atoms with E-state index >= 15 is 0 Å². The Hall–Kier alpha value is -1.38. The molecule has 0 spiro atoms. The highest BCUT2D eigenvalue weighted by molar-refractivity contribution is 5.51. The van der Waals surface area contributed by atoms with Crippen molar-refractivity contribution < 1.29 is 14.2 Å². The highest BCUT2D eigenvalue weighted by atomic mass is 16.5. The minimum atomic E-state index is 0.676. The van der Waals surface area contributed by atoms with Gasteiger partial charge in [-0.05, 0) is 31.4 Å². The number of rotatable bonds is 9. The highest BCUT2D eigenvalue weighted by Crippen LogP contribution is 2.37. The van der Waals surface area contributed by atoms with Crippen LogP contribution in [0.1, 0.15) is 40.0 Å². The van der Waals surface area contributed by atoms with Crippen molar-refractivity contribution in [3.63, 3.8) is 0 Å². The molecule has 3 heteroatoms. The van der Waals surface area contributed by atoms with E-state index in [0.29, 0.717) is 19.8 Å². The molecule has 0 saturated carbocycles. The molecule has 1 rings (SSSR count). The van der Waals surface area contributed by atoms with Gasteiger partial charge in [-0.25, -0.2) is 0 Å². The fourth-order valence-corrected chi connectivity index (χ4v) is 1.49. The van der Waals surface area contributed by atoms with Crippen LogP contribution in [0.3, 0.4) is 0 Å². The van der Waals surface area contributed by atoms with Crippen LogP contribution in [0, 0.1) is 0 Å². The molecule has 0 amide bonds. The van der Waals surface area contributed by atoms with Crippen molar-refractivity contribution in [2.24, 2.45) is 0 Å². The summed E-state index contributed by atoms with van der Waals surface area (Å²) in [6, 6.07) is 5.80. The standard InChI is InChI=1S/C15H24O3/c1-4-10-16-13-8-7-9-14(17-11-5-2)15(13)18-12-6-3/h7-9H,4-6,10-12H2,1-3H3. The Kier molecular flexibility index (Phi) is 7.07. The molecule has 18 heavy (non-hydrogen) atoms. The molecule has 0 N–H and O–H groups in total. The lowest BCUT2D eigenvalue weighted by Crippen LogP contribution is -2.04. The second-order valence-electron chi connectivity index (χ2n) is 4.13. The summed E-state index contributed by atoms with van der Waals surface area (Å²) in [7, 11) is 0. The summed E-state index contributed by atoms with van der Waals surface area (Å²) in [5, 5.41) is 0. The molecule has 0 aliphatic rings. The monoisotopic (exact) mass is 252 g/mol. The van der Waals surface area contributed by atoms with Crippen LogP contribution in [-0.2, 0) is 0 Å². The first-order valence-corrected chi connectivity index (χ1v) is 6.84. The third kappa shape index (κ3) is 4.47. The van der Waals surface area contributed by atoms with Gasteiger partial charge in [-0.1, -0.05) is 26.8 Å². The first-order chi connectivity index (χ1) is 8.83. The molecule has 102 valence electrons. The number of hydrogen-bond acceptors (Lipinski definition) is 3. The lowest BCUT2D eigenvalue weighted by atomic mass is 10.3. The topological polar surface area (TPSA) is 27.7 Å². The molecular weight excluding hydrogens is 228 g/mol. The van der Waals surface area contributed by atoms with Gasteiger partial charge in [0.2, 0.25) is 5.75 Å². The SMILES string of the molecule is CCCOc1cccc(OCCC)c1OCCC.